The molecule has 0 bridgehead atoms. The number of unbranched alkanes of at least 4 members (excludes halogenated alkanes) is 5. The predicted molar refractivity (Wildman–Crippen MR) is 71.0 cm³/mol. The summed E-state index contributed by atoms with van der Waals surface area (Å²) in [7, 11) is 0. The molecule has 0 atom stereocenters. The van der Waals surface area contributed by atoms with Crippen molar-refractivity contribution in [3.05, 3.63) is 0 Å². The van der Waals surface area contributed by atoms with Crippen molar-refractivity contribution < 1.29 is 9.64 Å². The summed E-state index contributed by atoms with van der Waals surface area (Å²) in [6, 6.07) is 1.75. The van der Waals surface area contributed by atoms with Gasteiger partial charge in [-0.3, -0.25) is 0 Å². The SMILES string of the molecule is CC#N.CCCCCCCC[NH+]1CCOCC1. The minimum atomic E-state index is 0.977. The van der Waals surface area contributed by atoms with Crippen LogP contribution in [0.2, 0.25) is 0 Å². The van der Waals surface area contributed by atoms with Gasteiger partial charge in [-0.05, 0) is 12.8 Å². The van der Waals surface area contributed by atoms with Crippen LogP contribution in [-0.4, -0.2) is 32.8 Å². The molecule has 0 aromatic carbocycles. The average Bonchev–Trinajstić information content (AvgIpc) is 2.36. The molecule has 0 aromatic rings. The number of hydrogen-bond donors (Lipinski definition) is 1. The molecule has 1 N–H and O–H groups in total. The van der Waals surface area contributed by atoms with Crippen LogP contribution in [0.4, 0.5) is 0 Å². The molecule has 3 nitrogen and oxygen atoms in total. The molecule has 1 aliphatic rings. The molecule has 1 aliphatic heterocycles. The number of nitrogens with zero attached hydrogens (tertiary/aromatic N) is 1. The minimum absolute atomic E-state index is 0.977. The van der Waals surface area contributed by atoms with Crippen molar-refractivity contribution in [2.24, 2.45) is 0 Å². The highest BCUT2D eigenvalue weighted by molar-refractivity contribution is 4.51. The van der Waals surface area contributed by atoms with Crippen LogP contribution in [0.1, 0.15) is 52.4 Å². The van der Waals surface area contributed by atoms with Crippen molar-refractivity contribution in [3.63, 3.8) is 0 Å². The van der Waals surface area contributed by atoms with Gasteiger partial charge in [0.15, 0.2) is 0 Å². The maximum atomic E-state index is 7.32. The van der Waals surface area contributed by atoms with E-state index in [1.807, 2.05) is 0 Å². The summed E-state index contributed by atoms with van der Waals surface area (Å²) < 4.78 is 5.34. The Bertz CT molecular complexity index is 183. The fourth-order valence-electron chi connectivity index (χ4n) is 2.07. The van der Waals surface area contributed by atoms with Gasteiger partial charge in [0, 0.05) is 6.92 Å². The molecule has 0 saturated carbocycles. The van der Waals surface area contributed by atoms with E-state index >= 15 is 0 Å². The Kier molecular flexibility index (Phi) is 13.0. The summed E-state index contributed by atoms with van der Waals surface area (Å²) in [5.74, 6) is 0. The van der Waals surface area contributed by atoms with Crippen LogP contribution in [0.25, 0.3) is 0 Å². The first-order chi connectivity index (χ1) is 8.35. The van der Waals surface area contributed by atoms with Gasteiger partial charge in [0.1, 0.15) is 13.1 Å². The van der Waals surface area contributed by atoms with E-state index in [0.717, 1.165) is 13.2 Å². The average molecular weight is 241 g/mol. The fraction of sp³-hybridized carbons (Fsp3) is 0.929. The van der Waals surface area contributed by atoms with Crippen molar-refractivity contribution in [3.8, 4) is 6.07 Å². The van der Waals surface area contributed by atoms with Crippen LogP contribution < -0.4 is 4.90 Å². The molecule has 3 heteroatoms. The van der Waals surface area contributed by atoms with E-state index in [9.17, 15) is 0 Å². The van der Waals surface area contributed by atoms with E-state index in [1.54, 1.807) is 11.0 Å². The predicted octanol–water partition coefficient (Wildman–Crippen LogP) is 1.79. The number of nitrogens with one attached hydrogen (secondary N) is 1. The molecule has 1 saturated heterocycles. The topological polar surface area (TPSA) is 37.5 Å². The van der Waals surface area contributed by atoms with E-state index in [2.05, 4.69) is 6.92 Å². The lowest BCUT2D eigenvalue weighted by atomic mass is 10.1. The molecule has 1 heterocycles. The summed E-state index contributed by atoms with van der Waals surface area (Å²) >= 11 is 0. The highest BCUT2D eigenvalue weighted by atomic mass is 16.5. The lowest BCUT2D eigenvalue weighted by Crippen LogP contribution is -3.14. The lowest BCUT2D eigenvalue weighted by Gasteiger charge is -2.23. The molecule has 0 spiro atoms. The third-order valence-electron chi connectivity index (χ3n) is 3.08. The van der Waals surface area contributed by atoms with Gasteiger partial charge in [0.25, 0.3) is 0 Å². The van der Waals surface area contributed by atoms with Crippen molar-refractivity contribution in [2.75, 3.05) is 32.8 Å². The van der Waals surface area contributed by atoms with E-state index in [4.69, 9.17) is 10.00 Å². The Morgan fingerprint density at radius 2 is 1.59 bits per heavy atom. The first-order valence-corrected chi connectivity index (χ1v) is 7.07. The van der Waals surface area contributed by atoms with E-state index in [1.165, 1.54) is 65.1 Å². The highest BCUT2D eigenvalue weighted by Gasteiger charge is 2.12. The maximum Gasteiger partial charge on any atom is 0.101 e. The third kappa shape index (κ3) is 11.7. The van der Waals surface area contributed by atoms with Gasteiger partial charge in [0.2, 0.25) is 0 Å². The van der Waals surface area contributed by atoms with Crippen LogP contribution >= 0.6 is 0 Å². The number of morpholine rings is 1. The second-order valence-electron chi connectivity index (χ2n) is 4.60. The summed E-state index contributed by atoms with van der Waals surface area (Å²) in [6.45, 7) is 9.49. The normalized spacial score (nSPS) is 15.8. The molecular formula is C14H29N2O+. The standard InChI is InChI=1S/C12H25NO.C2H3N/c1-2-3-4-5-6-7-8-13-9-11-14-12-10-13;1-2-3/h2-12H2,1H3;1H3/p+1. The number of rotatable bonds is 7. The zero-order chi connectivity index (χ0) is 12.8. The largest absolute Gasteiger partial charge is 0.370 e. The number of nitriles is 1. The molecule has 0 unspecified atom stereocenters. The van der Waals surface area contributed by atoms with Gasteiger partial charge >= 0.3 is 0 Å². The second kappa shape index (κ2) is 13.5. The highest BCUT2D eigenvalue weighted by Crippen LogP contribution is 2.03. The fourth-order valence-corrected chi connectivity index (χ4v) is 2.07. The van der Waals surface area contributed by atoms with Crippen molar-refractivity contribution >= 4 is 0 Å². The molecule has 0 aromatic heterocycles. The number of hydrogen-bond acceptors (Lipinski definition) is 2. The second-order valence-corrected chi connectivity index (χ2v) is 4.60. The summed E-state index contributed by atoms with van der Waals surface area (Å²) in [5, 5.41) is 7.32. The van der Waals surface area contributed by atoms with E-state index in [-0.39, 0.29) is 0 Å². The van der Waals surface area contributed by atoms with Crippen molar-refractivity contribution in [2.45, 2.75) is 52.4 Å². The third-order valence-corrected chi connectivity index (χ3v) is 3.08. The molecule has 1 fully saturated rings. The Hall–Kier alpha value is -0.590. The molecule has 0 aliphatic carbocycles. The van der Waals surface area contributed by atoms with Crippen LogP contribution in [0.3, 0.4) is 0 Å². The van der Waals surface area contributed by atoms with Gasteiger partial charge < -0.3 is 9.64 Å². The zero-order valence-electron chi connectivity index (χ0n) is 11.6. The van der Waals surface area contributed by atoms with Gasteiger partial charge in [-0.15, -0.1) is 0 Å². The zero-order valence-corrected chi connectivity index (χ0v) is 11.6. The Labute approximate surface area is 107 Å². The lowest BCUT2D eigenvalue weighted by molar-refractivity contribution is -0.908. The Balaban J connectivity index is 0.000000770. The van der Waals surface area contributed by atoms with Crippen molar-refractivity contribution in [1.29, 1.82) is 5.26 Å². The van der Waals surface area contributed by atoms with Crippen LogP contribution in [0, 0.1) is 11.3 Å². The molecular weight excluding hydrogens is 212 g/mol. The molecule has 100 valence electrons. The summed E-state index contributed by atoms with van der Waals surface area (Å²) in [4.78, 5) is 1.76. The van der Waals surface area contributed by atoms with Crippen LogP contribution in [0.15, 0.2) is 0 Å². The number of ether oxygens (including phenoxy) is 1. The molecule has 0 radical (unpaired) electrons. The van der Waals surface area contributed by atoms with Gasteiger partial charge in [-0.25, -0.2) is 0 Å². The monoisotopic (exact) mass is 241 g/mol. The smallest absolute Gasteiger partial charge is 0.101 e. The van der Waals surface area contributed by atoms with Crippen LogP contribution in [0.5, 0.6) is 0 Å². The summed E-state index contributed by atoms with van der Waals surface area (Å²) in [5.41, 5.74) is 0. The maximum absolute atomic E-state index is 7.32. The summed E-state index contributed by atoms with van der Waals surface area (Å²) in [6.07, 6.45) is 8.51. The first kappa shape index (κ1) is 16.4. The van der Waals surface area contributed by atoms with Gasteiger partial charge in [0.05, 0.1) is 25.8 Å². The minimum Gasteiger partial charge on any atom is -0.370 e. The quantitative estimate of drug-likeness (QED) is 0.690. The van der Waals surface area contributed by atoms with Crippen LogP contribution in [-0.2, 0) is 4.74 Å². The van der Waals surface area contributed by atoms with Crippen molar-refractivity contribution in [1.82, 2.24) is 0 Å². The van der Waals surface area contributed by atoms with Gasteiger partial charge in [-0.1, -0.05) is 32.6 Å². The van der Waals surface area contributed by atoms with E-state index < -0.39 is 0 Å². The molecule has 1 rings (SSSR count). The molecule has 17 heavy (non-hydrogen) atoms. The van der Waals surface area contributed by atoms with Gasteiger partial charge in [-0.2, -0.15) is 5.26 Å². The molecule has 0 amide bonds. The Morgan fingerprint density at radius 1 is 1.06 bits per heavy atom. The number of quaternary nitrogens is 1. The first-order valence-electron chi connectivity index (χ1n) is 7.07. The van der Waals surface area contributed by atoms with E-state index in [0.29, 0.717) is 0 Å². The Morgan fingerprint density at radius 3 is 2.18 bits per heavy atom.